The Bertz CT molecular complexity index is 440. The van der Waals surface area contributed by atoms with Crippen LogP contribution in [0.1, 0.15) is 5.56 Å². The molecule has 0 fully saturated rings. The van der Waals surface area contributed by atoms with Crippen molar-refractivity contribution in [1.82, 2.24) is 0 Å². The Balaban J connectivity index is 3.19. The minimum Gasteiger partial charge on any atom is -0.292 e. The summed E-state index contributed by atoms with van der Waals surface area (Å²) in [6.45, 7) is 0.335. The number of alkyl halides is 3. The largest absolute Gasteiger partial charge is 0.427 e. The van der Waals surface area contributed by atoms with Crippen molar-refractivity contribution >= 4 is 36.0 Å². The van der Waals surface area contributed by atoms with Crippen LogP contribution in [-0.4, -0.2) is 24.7 Å². The average Bonchev–Trinajstić information content (AvgIpc) is 2.34. The lowest BCUT2D eigenvalue weighted by atomic mass is 10.1. The van der Waals surface area contributed by atoms with Crippen LogP contribution >= 0.6 is 24.2 Å². The first-order valence-electron chi connectivity index (χ1n) is 5.10. The number of nitrogens with zero attached hydrogens (tertiary/aromatic N) is 1. The molecule has 0 spiro atoms. The summed E-state index contributed by atoms with van der Waals surface area (Å²) in [7, 11) is 0. The molecule has 1 rings (SSSR count). The summed E-state index contributed by atoms with van der Waals surface area (Å²) in [4.78, 5) is 3.86. The molecular weight excluding hydrogens is 283 g/mol. The smallest absolute Gasteiger partial charge is 0.292 e. The molecule has 0 saturated carbocycles. The van der Waals surface area contributed by atoms with Crippen LogP contribution in [0.15, 0.2) is 40.4 Å². The predicted octanol–water partition coefficient (Wildman–Crippen LogP) is 4.20. The van der Waals surface area contributed by atoms with E-state index in [9.17, 15) is 13.2 Å². The van der Waals surface area contributed by atoms with E-state index in [1.165, 1.54) is 0 Å². The third kappa shape index (κ3) is 4.38. The van der Waals surface area contributed by atoms with Gasteiger partial charge >= 0.3 is 6.18 Å². The molecule has 0 aliphatic carbocycles. The summed E-state index contributed by atoms with van der Waals surface area (Å²) in [6, 6.07) is 8.10. The minimum absolute atomic E-state index is 0.133. The van der Waals surface area contributed by atoms with Crippen LogP contribution in [-0.2, 0) is 0 Å². The van der Waals surface area contributed by atoms with E-state index in [-0.39, 0.29) is 5.57 Å². The minimum atomic E-state index is -4.58. The van der Waals surface area contributed by atoms with Crippen molar-refractivity contribution in [3.63, 3.8) is 0 Å². The Labute approximate surface area is 114 Å². The zero-order valence-corrected chi connectivity index (χ0v) is 10.9. The zero-order chi connectivity index (χ0) is 13.6. The Kier molecular flexibility index (Phi) is 5.75. The normalized spacial score (nSPS) is 13.8. The van der Waals surface area contributed by atoms with E-state index >= 15 is 0 Å². The molecule has 18 heavy (non-hydrogen) atoms. The molecule has 0 amide bonds. The van der Waals surface area contributed by atoms with Gasteiger partial charge in [0.05, 0.1) is 0 Å². The van der Waals surface area contributed by atoms with E-state index in [0.717, 1.165) is 6.21 Å². The molecular formula is C12H11ClF3NS. The van der Waals surface area contributed by atoms with Gasteiger partial charge in [-0.15, -0.1) is 0 Å². The average molecular weight is 294 g/mol. The molecule has 6 heteroatoms. The van der Waals surface area contributed by atoms with Gasteiger partial charge in [0.2, 0.25) is 0 Å². The van der Waals surface area contributed by atoms with Crippen molar-refractivity contribution in [2.75, 3.05) is 12.3 Å². The van der Waals surface area contributed by atoms with Crippen molar-refractivity contribution in [2.45, 2.75) is 6.18 Å². The van der Waals surface area contributed by atoms with Gasteiger partial charge < -0.3 is 0 Å². The molecule has 0 aliphatic rings. The number of hydrogen-bond donors (Lipinski definition) is 1. The molecule has 0 unspecified atom stereocenters. The molecule has 1 aromatic rings. The first kappa shape index (κ1) is 15.1. The number of aliphatic imine (C=N–C) groups is 1. The topological polar surface area (TPSA) is 12.4 Å². The molecule has 0 radical (unpaired) electrons. The highest BCUT2D eigenvalue weighted by molar-refractivity contribution is 7.80. The quantitative estimate of drug-likeness (QED) is 0.631. The number of rotatable bonds is 4. The van der Waals surface area contributed by atoms with Crippen LogP contribution in [0.2, 0.25) is 0 Å². The number of hydrogen-bond acceptors (Lipinski definition) is 2. The highest BCUT2D eigenvalue weighted by atomic mass is 35.5. The Morgan fingerprint density at radius 3 is 2.39 bits per heavy atom. The van der Waals surface area contributed by atoms with Gasteiger partial charge in [0.25, 0.3) is 0 Å². The first-order valence-corrected chi connectivity index (χ1v) is 6.11. The van der Waals surface area contributed by atoms with E-state index in [2.05, 4.69) is 17.6 Å². The first-order chi connectivity index (χ1) is 8.46. The summed E-state index contributed by atoms with van der Waals surface area (Å²) < 4.78 is 37.9. The molecule has 98 valence electrons. The Morgan fingerprint density at radius 1 is 1.28 bits per heavy atom. The fourth-order valence-corrected chi connectivity index (χ4v) is 1.52. The highest BCUT2D eigenvalue weighted by Crippen LogP contribution is 2.34. The number of benzene rings is 1. The van der Waals surface area contributed by atoms with Crippen LogP contribution in [0.25, 0.3) is 5.57 Å². The molecule has 0 N–H and O–H groups in total. The van der Waals surface area contributed by atoms with Gasteiger partial charge in [0.15, 0.2) is 0 Å². The van der Waals surface area contributed by atoms with Crippen molar-refractivity contribution < 1.29 is 13.2 Å². The van der Waals surface area contributed by atoms with Gasteiger partial charge in [-0.1, -0.05) is 41.9 Å². The monoisotopic (exact) mass is 293 g/mol. The van der Waals surface area contributed by atoms with Crippen molar-refractivity contribution in [3.05, 3.63) is 40.9 Å². The lowest BCUT2D eigenvalue weighted by molar-refractivity contribution is -0.0838. The van der Waals surface area contributed by atoms with E-state index in [4.69, 9.17) is 11.6 Å². The maximum Gasteiger partial charge on any atom is 0.427 e. The number of halogens is 4. The molecule has 0 atom stereocenters. The molecule has 1 nitrogen and oxygen atoms in total. The Morgan fingerprint density at radius 2 is 1.89 bits per heavy atom. The fraction of sp³-hybridized carbons (Fsp3) is 0.250. The number of allylic oxidation sites excluding steroid dienone is 2. The standard InChI is InChI=1S/C12H11ClF3NS/c13-11(12(14,15)16)10(8-17-6-7-18)9-4-2-1-3-5-9/h1-5,8,18H,6-7H2/b11-10+,17-8?. The van der Waals surface area contributed by atoms with E-state index < -0.39 is 11.2 Å². The van der Waals surface area contributed by atoms with Crippen LogP contribution in [0.5, 0.6) is 0 Å². The molecule has 0 saturated heterocycles. The maximum atomic E-state index is 12.6. The van der Waals surface area contributed by atoms with Crippen LogP contribution in [0.4, 0.5) is 13.2 Å². The van der Waals surface area contributed by atoms with Gasteiger partial charge in [-0.2, -0.15) is 25.8 Å². The molecule has 0 aromatic heterocycles. The van der Waals surface area contributed by atoms with Gasteiger partial charge in [-0.25, -0.2) is 0 Å². The van der Waals surface area contributed by atoms with Crippen molar-refractivity contribution in [1.29, 1.82) is 0 Å². The third-order valence-electron chi connectivity index (χ3n) is 2.02. The molecule has 1 aromatic carbocycles. The highest BCUT2D eigenvalue weighted by Gasteiger charge is 2.35. The summed E-state index contributed by atoms with van der Waals surface area (Å²) in [5.41, 5.74) is 0.245. The molecule has 0 aliphatic heterocycles. The van der Waals surface area contributed by atoms with Gasteiger partial charge in [0, 0.05) is 24.1 Å². The molecule has 0 bridgehead atoms. The van der Waals surface area contributed by atoms with E-state index in [0.29, 0.717) is 17.9 Å². The van der Waals surface area contributed by atoms with Crippen molar-refractivity contribution in [2.24, 2.45) is 4.99 Å². The predicted molar refractivity (Wildman–Crippen MR) is 72.5 cm³/mol. The Hall–Kier alpha value is -0.940. The maximum absolute atomic E-state index is 12.6. The molecule has 0 heterocycles. The summed E-state index contributed by atoms with van der Waals surface area (Å²) in [5, 5.41) is -1.17. The third-order valence-corrected chi connectivity index (χ3v) is 2.64. The van der Waals surface area contributed by atoms with Gasteiger partial charge in [0.1, 0.15) is 5.03 Å². The van der Waals surface area contributed by atoms with Crippen LogP contribution in [0, 0.1) is 0 Å². The summed E-state index contributed by atoms with van der Waals surface area (Å²) in [5.74, 6) is 0.461. The van der Waals surface area contributed by atoms with E-state index in [1.807, 2.05) is 0 Å². The second-order valence-electron chi connectivity index (χ2n) is 3.35. The van der Waals surface area contributed by atoms with E-state index in [1.54, 1.807) is 30.3 Å². The van der Waals surface area contributed by atoms with Gasteiger partial charge in [-0.05, 0) is 5.56 Å². The van der Waals surface area contributed by atoms with Crippen molar-refractivity contribution in [3.8, 4) is 0 Å². The lowest BCUT2D eigenvalue weighted by Gasteiger charge is -2.10. The summed E-state index contributed by atoms with van der Waals surface area (Å²) in [6.07, 6.45) is -3.44. The fourth-order valence-electron chi connectivity index (χ4n) is 1.24. The lowest BCUT2D eigenvalue weighted by Crippen LogP contribution is -2.10. The van der Waals surface area contributed by atoms with Crippen LogP contribution < -0.4 is 0 Å². The second kappa shape index (κ2) is 6.85. The van der Waals surface area contributed by atoms with Crippen LogP contribution in [0.3, 0.4) is 0 Å². The zero-order valence-electron chi connectivity index (χ0n) is 9.28. The second-order valence-corrected chi connectivity index (χ2v) is 4.18. The number of thiol groups is 1. The summed E-state index contributed by atoms with van der Waals surface area (Å²) >= 11 is 9.31. The SMILES string of the molecule is FC(F)(F)/C(Cl)=C(/C=NCCS)c1ccccc1. The van der Waals surface area contributed by atoms with Gasteiger partial charge in [-0.3, -0.25) is 4.99 Å².